The molecule has 3 rings (SSSR count). The molecule has 4 N–H and O–H groups in total. The molecule has 0 fully saturated rings. The van der Waals surface area contributed by atoms with Crippen LogP contribution in [0.2, 0.25) is 0 Å². The third kappa shape index (κ3) is 5.33. The number of phenols is 1. The van der Waals surface area contributed by atoms with Crippen LogP contribution in [0.4, 0.5) is 11.4 Å². The van der Waals surface area contributed by atoms with Crippen molar-refractivity contribution in [3.63, 3.8) is 0 Å². The van der Waals surface area contributed by atoms with E-state index in [0.29, 0.717) is 27.9 Å². The Labute approximate surface area is 173 Å². The van der Waals surface area contributed by atoms with Gasteiger partial charge in [-0.25, -0.2) is 4.98 Å². The Bertz CT molecular complexity index is 1010. The molecule has 0 aliphatic rings. The van der Waals surface area contributed by atoms with Crippen LogP contribution < -0.4 is 10.6 Å². The smallest absolute Gasteiger partial charge is 0.234 e. The number of thioether (sulfide) groups is 1. The van der Waals surface area contributed by atoms with Gasteiger partial charge in [-0.3, -0.25) is 14.7 Å². The first kappa shape index (κ1) is 19.9. The number of nitrogens with one attached hydrogen (secondary N) is 3. The Hall–Kier alpha value is -2.85. The van der Waals surface area contributed by atoms with Gasteiger partial charge in [0.1, 0.15) is 5.75 Å². The molecule has 0 spiro atoms. The summed E-state index contributed by atoms with van der Waals surface area (Å²) < 4.78 is 0.801. The van der Waals surface area contributed by atoms with Crippen molar-refractivity contribution in [1.82, 2.24) is 15.2 Å². The van der Waals surface area contributed by atoms with Crippen molar-refractivity contribution in [2.45, 2.75) is 12.1 Å². The van der Waals surface area contributed by atoms with Crippen molar-refractivity contribution in [3.05, 3.63) is 46.9 Å². The van der Waals surface area contributed by atoms with Crippen LogP contribution in [0.1, 0.15) is 6.92 Å². The summed E-state index contributed by atoms with van der Waals surface area (Å²) in [4.78, 5) is 27.4. The van der Waals surface area contributed by atoms with Gasteiger partial charge in [-0.2, -0.15) is 0 Å². The number of nitrogens with zero attached hydrogens (tertiary/aromatic N) is 2. The second-order valence-corrected chi connectivity index (χ2v) is 7.58. The second kappa shape index (κ2) is 8.89. The van der Waals surface area contributed by atoms with Crippen LogP contribution in [0.25, 0.3) is 11.4 Å². The van der Waals surface area contributed by atoms with Crippen molar-refractivity contribution in [1.29, 1.82) is 0 Å². The van der Waals surface area contributed by atoms with E-state index in [0.717, 1.165) is 4.47 Å². The number of carbonyl (C=O) groups excluding carboxylic acids is 2. The lowest BCUT2D eigenvalue weighted by atomic mass is 10.2. The highest BCUT2D eigenvalue weighted by Gasteiger charge is 2.12. The van der Waals surface area contributed by atoms with Crippen molar-refractivity contribution in [2.24, 2.45) is 0 Å². The molecule has 8 nitrogen and oxygen atoms in total. The highest BCUT2D eigenvalue weighted by atomic mass is 79.9. The molecule has 28 heavy (non-hydrogen) atoms. The zero-order valence-corrected chi connectivity index (χ0v) is 17.1. The Morgan fingerprint density at radius 1 is 1.14 bits per heavy atom. The van der Waals surface area contributed by atoms with Gasteiger partial charge in [0.2, 0.25) is 17.0 Å². The predicted molar refractivity (Wildman–Crippen MR) is 111 cm³/mol. The number of amides is 2. The highest BCUT2D eigenvalue weighted by Crippen LogP contribution is 2.30. The van der Waals surface area contributed by atoms with E-state index in [1.807, 2.05) is 0 Å². The average Bonchev–Trinajstić information content (AvgIpc) is 3.12. The number of hydrogen-bond acceptors (Lipinski definition) is 6. The van der Waals surface area contributed by atoms with E-state index in [1.54, 1.807) is 42.5 Å². The fourth-order valence-corrected chi connectivity index (χ4v) is 3.26. The number of halogens is 1. The molecular formula is C18H16BrN5O3S. The third-order valence-electron chi connectivity index (χ3n) is 3.50. The summed E-state index contributed by atoms with van der Waals surface area (Å²) in [5, 5.41) is 22.6. The Kier molecular flexibility index (Phi) is 6.32. The van der Waals surface area contributed by atoms with Crippen molar-refractivity contribution >= 4 is 50.9 Å². The van der Waals surface area contributed by atoms with Gasteiger partial charge in [0, 0.05) is 22.8 Å². The molecule has 0 unspecified atom stereocenters. The van der Waals surface area contributed by atoms with Crippen LogP contribution in [0.15, 0.2) is 52.1 Å². The van der Waals surface area contributed by atoms with Gasteiger partial charge in [0.05, 0.1) is 11.3 Å². The normalized spacial score (nSPS) is 10.5. The van der Waals surface area contributed by atoms with Gasteiger partial charge in [-0.15, -0.1) is 5.10 Å². The minimum Gasteiger partial charge on any atom is -0.507 e. The van der Waals surface area contributed by atoms with Gasteiger partial charge < -0.3 is 15.7 Å². The Morgan fingerprint density at radius 2 is 1.82 bits per heavy atom. The predicted octanol–water partition coefficient (Wildman–Crippen LogP) is 3.63. The minimum atomic E-state index is -0.214. The number of benzene rings is 2. The summed E-state index contributed by atoms with van der Waals surface area (Å²) in [5.74, 6) is 0.241. The van der Waals surface area contributed by atoms with Gasteiger partial charge in [0.25, 0.3) is 0 Å². The second-order valence-electron chi connectivity index (χ2n) is 5.72. The number of aromatic amines is 1. The molecule has 0 aliphatic heterocycles. The number of phenolic OH excluding ortho intramolecular Hbond substituents is 1. The van der Waals surface area contributed by atoms with E-state index in [4.69, 9.17) is 0 Å². The first-order valence-corrected chi connectivity index (χ1v) is 9.90. The fraction of sp³-hybridized carbons (Fsp3) is 0.111. The molecule has 0 saturated heterocycles. The molecule has 2 amide bonds. The first-order valence-electron chi connectivity index (χ1n) is 8.12. The zero-order chi connectivity index (χ0) is 20.1. The Morgan fingerprint density at radius 3 is 2.50 bits per heavy atom. The van der Waals surface area contributed by atoms with Crippen molar-refractivity contribution in [3.8, 4) is 17.1 Å². The fourth-order valence-electron chi connectivity index (χ4n) is 2.30. The van der Waals surface area contributed by atoms with E-state index in [9.17, 15) is 14.7 Å². The van der Waals surface area contributed by atoms with E-state index in [-0.39, 0.29) is 23.3 Å². The molecule has 1 heterocycles. The molecule has 2 aromatic carbocycles. The van der Waals surface area contributed by atoms with Crippen molar-refractivity contribution in [2.75, 3.05) is 16.4 Å². The van der Waals surface area contributed by atoms with Crippen LogP contribution in [0.5, 0.6) is 5.75 Å². The molecule has 144 valence electrons. The monoisotopic (exact) mass is 461 g/mol. The molecule has 3 aromatic rings. The topological polar surface area (TPSA) is 120 Å². The van der Waals surface area contributed by atoms with E-state index < -0.39 is 0 Å². The summed E-state index contributed by atoms with van der Waals surface area (Å²) in [6, 6.07) is 11.8. The SMILES string of the molecule is CC(=O)Nc1ccc(NC(=O)CSc2n[nH]c(-c3cc(Br)ccc3O)n2)cc1. The van der Waals surface area contributed by atoms with Crippen LogP contribution in [-0.4, -0.2) is 37.9 Å². The maximum absolute atomic E-state index is 12.1. The largest absolute Gasteiger partial charge is 0.507 e. The van der Waals surface area contributed by atoms with Gasteiger partial charge in [-0.05, 0) is 42.5 Å². The first-order chi connectivity index (χ1) is 13.4. The van der Waals surface area contributed by atoms with Crippen molar-refractivity contribution < 1.29 is 14.7 Å². The molecule has 0 saturated carbocycles. The minimum absolute atomic E-state index is 0.0800. The van der Waals surface area contributed by atoms with E-state index in [1.165, 1.54) is 18.7 Å². The number of aromatic nitrogens is 3. The van der Waals surface area contributed by atoms with Crippen LogP contribution >= 0.6 is 27.7 Å². The third-order valence-corrected chi connectivity index (χ3v) is 4.84. The Balaban J connectivity index is 1.56. The zero-order valence-electron chi connectivity index (χ0n) is 14.7. The summed E-state index contributed by atoms with van der Waals surface area (Å²) >= 11 is 4.51. The number of hydrogen-bond donors (Lipinski definition) is 4. The standard InChI is InChI=1S/C18H16BrN5O3S/c1-10(25)20-12-3-5-13(6-4-12)21-16(27)9-28-18-22-17(23-24-18)14-8-11(19)2-7-15(14)26/h2-8,26H,9H2,1H3,(H,20,25)(H,21,27)(H,22,23,24). The van der Waals surface area contributed by atoms with Crippen LogP contribution in [0.3, 0.4) is 0 Å². The quantitative estimate of drug-likeness (QED) is 0.416. The molecule has 0 bridgehead atoms. The summed E-state index contributed by atoms with van der Waals surface area (Å²) in [6.45, 7) is 1.43. The van der Waals surface area contributed by atoms with Crippen LogP contribution in [-0.2, 0) is 9.59 Å². The summed E-state index contributed by atoms with van der Waals surface area (Å²) in [5.41, 5.74) is 1.79. The maximum Gasteiger partial charge on any atom is 0.234 e. The maximum atomic E-state index is 12.1. The number of anilines is 2. The summed E-state index contributed by atoms with van der Waals surface area (Å²) in [6.07, 6.45) is 0. The lowest BCUT2D eigenvalue weighted by Gasteiger charge is -2.06. The number of carbonyl (C=O) groups is 2. The number of aromatic hydroxyl groups is 1. The highest BCUT2D eigenvalue weighted by molar-refractivity contribution is 9.10. The molecular weight excluding hydrogens is 446 g/mol. The van der Waals surface area contributed by atoms with Crippen LogP contribution in [0, 0.1) is 0 Å². The van der Waals surface area contributed by atoms with E-state index >= 15 is 0 Å². The average molecular weight is 462 g/mol. The van der Waals surface area contributed by atoms with E-state index in [2.05, 4.69) is 41.7 Å². The lowest BCUT2D eigenvalue weighted by Crippen LogP contribution is -2.14. The summed E-state index contributed by atoms with van der Waals surface area (Å²) in [7, 11) is 0. The number of rotatable bonds is 6. The molecule has 0 aliphatic carbocycles. The lowest BCUT2D eigenvalue weighted by molar-refractivity contribution is -0.114. The molecule has 10 heteroatoms. The molecule has 0 atom stereocenters. The van der Waals surface area contributed by atoms with Gasteiger partial charge in [-0.1, -0.05) is 27.7 Å². The number of H-pyrrole nitrogens is 1. The molecule has 0 radical (unpaired) electrons. The van der Waals surface area contributed by atoms with Gasteiger partial charge >= 0.3 is 0 Å². The molecule has 1 aromatic heterocycles. The van der Waals surface area contributed by atoms with Gasteiger partial charge in [0.15, 0.2) is 5.82 Å².